The summed E-state index contributed by atoms with van der Waals surface area (Å²) >= 11 is 0. The van der Waals surface area contributed by atoms with Crippen molar-refractivity contribution in [3.63, 3.8) is 0 Å². The van der Waals surface area contributed by atoms with E-state index in [1.54, 1.807) is 5.10 Å². The van der Waals surface area contributed by atoms with Gasteiger partial charge in [-0.3, -0.25) is 9.89 Å². The summed E-state index contributed by atoms with van der Waals surface area (Å²) in [5.74, 6) is -5.44. The maximum absolute atomic E-state index is 13.0. The van der Waals surface area contributed by atoms with Crippen LogP contribution >= 0.6 is 0 Å². The average Bonchev–Trinajstić information content (AvgIpc) is 2.61. The van der Waals surface area contributed by atoms with Crippen molar-refractivity contribution < 1.29 is 31.9 Å². The second kappa shape index (κ2) is 2.96. The van der Waals surface area contributed by atoms with Gasteiger partial charge in [-0.05, 0) is 6.07 Å². The summed E-state index contributed by atoms with van der Waals surface area (Å²) < 4.78 is 62.5. The van der Waals surface area contributed by atoms with Gasteiger partial charge in [-0.2, -0.15) is 18.3 Å². The van der Waals surface area contributed by atoms with Gasteiger partial charge in [-0.1, -0.05) is 0 Å². The van der Waals surface area contributed by atoms with E-state index in [0.717, 1.165) is 0 Å². The smallest absolute Gasteiger partial charge is 0.435 e. The average molecular weight is 256 g/mol. The second-order valence-electron chi connectivity index (χ2n) is 3.76. The number of alkyl halides is 5. The number of nitrogens with one attached hydrogen (secondary N) is 1. The summed E-state index contributed by atoms with van der Waals surface area (Å²) in [4.78, 5) is 10.7. The van der Waals surface area contributed by atoms with Gasteiger partial charge < -0.3 is 5.11 Å². The SMILES string of the molecule is O=C(O)C1(c2cc(C(F)(F)F)n[nH]2)CC1(F)F. The Kier molecular flexibility index (Phi) is 2.06. The van der Waals surface area contributed by atoms with Crippen molar-refractivity contribution in [2.45, 2.75) is 23.9 Å². The third-order valence-electron chi connectivity index (χ3n) is 2.68. The lowest BCUT2D eigenvalue weighted by Gasteiger charge is -2.07. The number of aromatic nitrogens is 2. The highest BCUT2D eigenvalue weighted by atomic mass is 19.4. The molecule has 1 atom stereocenters. The van der Waals surface area contributed by atoms with Crippen LogP contribution in [0.4, 0.5) is 22.0 Å². The van der Waals surface area contributed by atoms with Gasteiger partial charge in [0.1, 0.15) is 0 Å². The van der Waals surface area contributed by atoms with Crippen LogP contribution in [0.15, 0.2) is 6.07 Å². The van der Waals surface area contributed by atoms with E-state index in [0.29, 0.717) is 6.07 Å². The predicted octanol–water partition coefficient (Wildman–Crippen LogP) is 1.79. The van der Waals surface area contributed by atoms with Gasteiger partial charge in [0.15, 0.2) is 11.1 Å². The Bertz CT molecular complexity index is 481. The zero-order valence-corrected chi connectivity index (χ0v) is 7.98. The van der Waals surface area contributed by atoms with E-state index in [9.17, 15) is 26.7 Å². The zero-order chi connectivity index (χ0) is 13.1. The van der Waals surface area contributed by atoms with E-state index in [-0.39, 0.29) is 0 Å². The van der Waals surface area contributed by atoms with Crippen LogP contribution in [0.2, 0.25) is 0 Å². The van der Waals surface area contributed by atoms with Crippen LogP contribution in [-0.2, 0) is 16.4 Å². The second-order valence-corrected chi connectivity index (χ2v) is 3.76. The Morgan fingerprint density at radius 2 is 2.00 bits per heavy atom. The maximum atomic E-state index is 13.0. The van der Waals surface area contributed by atoms with Crippen molar-refractivity contribution in [2.24, 2.45) is 0 Å². The minimum absolute atomic E-state index is 0.301. The van der Waals surface area contributed by atoms with E-state index < -0.39 is 41.3 Å². The molecular formula is C8H5F5N2O2. The molecule has 1 heterocycles. The highest BCUT2D eigenvalue weighted by molar-refractivity contribution is 5.87. The van der Waals surface area contributed by atoms with Gasteiger partial charge in [0.25, 0.3) is 5.92 Å². The molecule has 0 saturated heterocycles. The lowest BCUT2D eigenvalue weighted by Crippen LogP contribution is -2.27. The molecule has 94 valence electrons. The molecule has 1 saturated carbocycles. The van der Waals surface area contributed by atoms with Crippen LogP contribution in [0.1, 0.15) is 17.8 Å². The van der Waals surface area contributed by atoms with Gasteiger partial charge in [-0.15, -0.1) is 0 Å². The zero-order valence-electron chi connectivity index (χ0n) is 7.98. The Labute approximate surface area is 90.4 Å². The number of carboxylic acid groups (broad SMARTS) is 1. The van der Waals surface area contributed by atoms with E-state index in [1.165, 1.54) is 0 Å². The van der Waals surface area contributed by atoms with E-state index in [4.69, 9.17) is 5.11 Å². The van der Waals surface area contributed by atoms with Crippen molar-refractivity contribution in [2.75, 3.05) is 0 Å². The first-order valence-electron chi connectivity index (χ1n) is 4.35. The summed E-state index contributed by atoms with van der Waals surface area (Å²) in [6, 6.07) is 0.301. The number of rotatable bonds is 2. The third kappa shape index (κ3) is 1.48. The fourth-order valence-electron chi connectivity index (χ4n) is 1.61. The Balaban J connectivity index is 2.42. The molecular weight excluding hydrogens is 251 g/mol. The molecule has 0 amide bonds. The number of hydrogen-bond acceptors (Lipinski definition) is 2. The lowest BCUT2D eigenvalue weighted by molar-refractivity contribution is -0.143. The van der Waals surface area contributed by atoms with Crippen molar-refractivity contribution in [1.82, 2.24) is 10.2 Å². The molecule has 0 spiro atoms. The number of halogens is 5. The molecule has 2 rings (SSSR count). The number of nitrogens with zero attached hydrogens (tertiary/aromatic N) is 1. The standard InChI is InChI=1S/C8H5F5N2O2/c9-7(10)2-6(7,5(16)17)3-1-4(15-14-3)8(11,12)13/h1H,2H2,(H,14,15)(H,16,17). The summed E-state index contributed by atoms with van der Waals surface area (Å²) in [5.41, 5.74) is -4.76. The number of carbonyl (C=O) groups is 1. The molecule has 2 N–H and O–H groups in total. The first kappa shape index (κ1) is 11.8. The van der Waals surface area contributed by atoms with Crippen molar-refractivity contribution >= 4 is 5.97 Å². The minimum atomic E-state index is -4.81. The number of aliphatic carboxylic acids is 1. The van der Waals surface area contributed by atoms with Crippen molar-refractivity contribution in [1.29, 1.82) is 0 Å². The molecule has 1 unspecified atom stereocenters. The quantitative estimate of drug-likeness (QED) is 0.793. The third-order valence-corrected chi connectivity index (χ3v) is 2.68. The maximum Gasteiger partial charge on any atom is 0.435 e. The van der Waals surface area contributed by atoms with Gasteiger partial charge in [-0.25, -0.2) is 8.78 Å². The van der Waals surface area contributed by atoms with Gasteiger partial charge >= 0.3 is 12.1 Å². The van der Waals surface area contributed by atoms with Crippen molar-refractivity contribution in [3.8, 4) is 0 Å². The normalized spacial score (nSPS) is 26.9. The van der Waals surface area contributed by atoms with Crippen LogP contribution in [0, 0.1) is 0 Å². The monoisotopic (exact) mass is 256 g/mol. The Morgan fingerprint density at radius 1 is 1.47 bits per heavy atom. The molecule has 4 nitrogen and oxygen atoms in total. The molecule has 0 aliphatic heterocycles. The van der Waals surface area contributed by atoms with E-state index in [1.807, 2.05) is 0 Å². The van der Waals surface area contributed by atoms with Gasteiger partial charge in [0, 0.05) is 6.42 Å². The molecule has 9 heteroatoms. The fraction of sp³-hybridized carbons (Fsp3) is 0.500. The van der Waals surface area contributed by atoms with Crippen LogP contribution in [-0.4, -0.2) is 27.2 Å². The van der Waals surface area contributed by atoms with Crippen LogP contribution < -0.4 is 0 Å². The van der Waals surface area contributed by atoms with Crippen LogP contribution in [0.3, 0.4) is 0 Å². The van der Waals surface area contributed by atoms with Gasteiger partial charge in [0.2, 0.25) is 0 Å². The molecule has 1 aromatic rings. The topological polar surface area (TPSA) is 66.0 Å². The number of H-pyrrole nitrogens is 1. The van der Waals surface area contributed by atoms with Crippen LogP contribution in [0.25, 0.3) is 0 Å². The molecule has 0 radical (unpaired) electrons. The van der Waals surface area contributed by atoms with E-state index >= 15 is 0 Å². The number of aromatic amines is 1. The van der Waals surface area contributed by atoms with Crippen molar-refractivity contribution in [3.05, 3.63) is 17.5 Å². The predicted molar refractivity (Wildman–Crippen MR) is 42.5 cm³/mol. The summed E-state index contributed by atoms with van der Waals surface area (Å²) in [5, 5.41) is 13.2. The number of hydrogen-bond donors (Lipinski definition) is 2. The molecule has 17 heavy (non-hydrogen) atoms. The largest absolute Gasteiger partial charge is 0.480 e. The highest BCUT2D eigenvalue weighted by Crippen LogP contribution is 2.61. The Morgan fingerprint density at radius 3 is 2.29 bits per heavy atom. The molecule has 0 aromatic carbocycles. The highest BCUT2D eigenvalue weighted by Gasteiger charge is 2.78. The van der Waals surface area contributed by atoms with Crippen LogP contribution in [0.5, 0.6) is 0 Å². The minimum Gasteiger partial charge on any atom is -0.480 e. The Hall–Kier alpha value is -1.67. The molecule has 1 aliphatic carbocycles. The van der Waals surface area contributed by atoms with Gasteiger partial charge in [0.05, 0.1) is 5.69 Å². The fourth-order valence-corrected chi connectivity index (χ4v) is 1.61. The first-order chi connectivity index (χ1) is 7.61. The van der Waals surface area contributed by atoms with E-state index in [2.05, 4.69) is 5.10 Å². The summed E-state index contributed by atoms with van der Waals surface area (Å²) in [6.45, 7) is 0. The molecule has 1 aromatic heterocycles. The molecule has 1 fully saturated rings. The molecule has 0 bridgehead atoms. The summed E-state index contributed by atoms with van der Waals surface area (Å²) in [7, 11) is 0. The first-order valence-corrected chi connectivity index (χ1v) is 4.35. The lowest BCUT2D eigenvalue weighted by atomic mass is 10.0. The molecule has 1 aliphatic rings. The number of carboxylic acids is 1. The summed E-state index contributed by atoms with van der Waals surface area (Å²) in [6.07, 6.45) is -5.84.